The van der Waals surface area contributed by atoms with E-state index in [0.717, 1.165) is 17.5 Å². The summed E-state index contributed by atoms with van der Waals surface area (Å²) < 4.78 is 13.1. The first-order valence-corrected chi connectivity index (χ1v) is 8.01. The van der Waals surface area contributed by atoms with E-state index < -0.39 is 11.2 Å². The number of hydrogen-bond acceptors (Lipinski definition) is 4. The second-order valence-corrected chi connectivity index (χ2v) is 6.32. The molecule has 0 amide bonds. The second-order valence-electron chi connectivity index (χ2n) is 5.96. The van der Waals surface area contributed by atoms with E-state index in [0.29, 0.717) is 5.69 Å². The predicted octanol–water partition coefficient (Wildman–Crippen LogP) is 2.58. The van der Waals surface area contributed by atoms with Crippen LogP contribution in [0.1, 0.15) is 29.4 Å². The Labute approximate surface area is 145 Å². The normalized spacial score (nSPS) is 19.0. The minimum Gasteiger partial charge on any atom is -0.313 e. The molecule has 2 atom stereocenters. The molecule has 2 heterocycles. The molecule has 6 nitrogen and oxygen atoms in total. The lowest BCUT2D eigenvalue weighted by atomic mass is 10.0. The van der Waals surface area contributed by atoms with Crippen LogP contribution >= 0.6 is 11.6 Å². The zero-order valence-corrected chi connectivity index (χ0v) is 13.5. The van der Waals surface area contributed by atoms with E-state index in [2.05, 4.69) is 20.2 Å². The average molecular weight is 359 g/mol. The van der Waals surface area contributed by atoms with E-state index in [4.69, 9.17) is 11.6 Å². The highest BCUT2D eigenvalue weighted by Crippen LogP contribution is 2.56. The number of nitrogens with zero attached hydrogens (tertiary/aromatic N) is 2. The largest absolute Gasteiger partial charge is 0.325 e. The molecule has 1 saturated carbocycles. The van der Waals surface area contributed by atoms with Gasteiger partial charge in [0, 0.05) is 6.20 Å². The maximum atomic E-state index is 13.1. The van der Waals surface area contributed by atoms with E-state index in [9.17, 15) is 14.0 Å². The number of hydrogen-bond donors (Lipinski definition) is 2. The van der Waals surface area contributed by atoms with Crippen LogP contribution in [0.2, 0.25) is 5.15 Å². The molecule has 0 bridgehead atoms. The van der Waals surface area contributed by atoms with E-state index >= 15 is 0 Å². The van der Waals surface area contributed by atoms with Crippen molar-refractivity contribution in [1.82, 2.24) is 20.2 Å². The molecular formula is C17H12ClFN4O2. The van der Waals surface area contributed by atoms with E-state index in [1.165, 1.54) is 18.3 Å². The second kappa shape index (κ2) is 5.93. The van der Waals surface area contributed by atoms with Crippen molar-refractivity contribution in [2.75, 3.05) is 0 Å². The minimum absolute atomic E-state index is 0.133. The van der Waals surface area contributed by atoms with Gasteiger partial charge in [-0.15, -0.1) is 10.2 Å². The van der Waals surface area contributed by atoms with Gasteiger partial charge in [0.2, 0.25) is 0 Å². The molecule has 0 saturated heterocycles. The molecule has 0 aliphatic heterocycles. The molecule has 4 rings (SSSR count). The molecule has 2 N–H and O–H groups in total. The molecule has 2 aromatic heterocycles. The number of aromatic nitrogens is 4. The molecule has 126 valence electrons. The van der Waals surface area contributed by atoms with Crippen LogP contribution in [0.15, 0.2) is 46.1 Å². The van der Waals surface area contributed by atoms with Gasteiger partial charge in [0.15, 0.2) is 5.15 Å². The molecule has 1 aliphatic rings. The summed E-state index contributed by atoms with van der Waals surface area (Å²) >= 11 is 6.18. The smallest absolute Gasteiger partial charge is 0.313 e. The molecule has 2 unspecified atom stereocenters. The van der Waals surface area contributed by atoms with Crippen molar-refractivity contribution >= 4 is 11.6 Å². The third-order valence-electron chi connectivity index (χ3n) is 4.36. The third kappa shape index (κ3) is 2.98. The number of H-pyrrole nitrogens is 2. The number of halogens is 2. The van der Waals surface area contributed by atoms with Crippen LogP contribution in [-0.4, -0.2) is 20.2 Å². The predicted molar refractivity (Wildman–Crippen MR) is 90.2 cm³/mol. The Morgan fingerprint density at radius 1 is 1.12 bits per heavy atom. The SMILES string of the molecule is O=c1[nH]cc(-c2cc(C3CC3c3ccc(F)cc3)c(Cl)nn2)c(=O)[nH]1. The quantitative estimate of drug-likeness (QED) is 0.752. The minimum atomic E-state index is -0.588. The molecule has 8 heteroatoms. The summed E-state index contributed by atoms with van der Waals surface area (Å²) in [6.45, 7) is 0. The summed E-state index contributed by atoms with van der Waals surface area (Å²) in [4.78, 5) is 27.6. The maximum Gasteiger partial charge on any atom is 0.325 e. The van der Waals surface area contributed by atoms with Crippen LogP contribution in [0, 0.1) is 5.82 Å². The lowest BCUT2D eigenvalue weighted by molar-refractivity contribution is 0.627. The Balaban J connectivity index is 1.68. The van der Waals surface area contributed by atoms with Crippen LogP contribution < -0.4 is 11.2 Å². The summed E-state index contributed by atoms with van der Waals surface area (Å²) in [5.41, 5.74) is 1.23. The van der Waals surface area contributed by atoms with Crippen LogP contribution in [0.3, 0.4) is 0 Å². The van der Waals surface area contributed by atoms with Crippen LogP contribution in [0.4, 0.5) is 4.39 Å². The fourth-order valence-electron chi connectivity index (χ4n) is 3.00. The van der Waals surface area contributed by atoms with Crippen molar-refractivity contribution in [3.05, 3.63) is 79.5 Å². The van der Waals surface area contributed by atoms with Crippen LogP contribution in [0.25, 0.3) is 11.3 Å². The van der Waals surface area contributed by atoms with Crippen molar-refractivity contribution < 1.29 is 4.39 Å². The maximum absolute atomic E-state index is 13.1. The summed E-state index contributed by atoms with van der Waals surface area (Å²) in [7, 11) is 0. The first-order valence-electron chi connectivity index (χ1n) is 7.64. The lowest BCUT2D eigenvalue weighted by Crippen LogP contribution is -2.23. The van der Waals surface area contributed by atoms with Gasteiger partial charge in [-0.1, -0.05) is 23.7 Å². The Hall–Kier alpha value is -2.80. The van der Waals surface area contributed by atoms with Gasteiger partial charge in [0.1, 0.15) is 11.5 Å². The van der Waals surface area contributed by atoms with Gasteiger partial charge in [-0.3, -0.25) is 9.78 Å². The Bertz CT molecular complexity index is 1060. The van der Waals surface area contributed by atoms with Gasteiger partial charge in [-0.25, -0.2) is 9.18 Å². The summed E-state index contributed by atoms with van der Waals surface area (Å²) in [5.74, 6) is 0.0854. The number of aromatic amines is 2. The molecule has 25 heavy (non-hydrogen) atoms. The number of nitrogens with one attached hydrogen (secondary N) is 2. The van der Waals surface area contributed by atoms with Crippen molar-refractivity contribution in [2.24, 2.45) is 0 Å². The Kier molecular flexibility index (Phi) is 3.73. The van der Waals surface area contributed by atoms with Crippen LogP contribution in [0.5, 0.6) is 0 Å². The fourth-order valence-corrected chi connectivity index (χ4v) is 3.23. The first kappa shape index (κ1) is 15.7. The van der Waals surface area contributed by atoms with Crippen molar-refractivity contribution in [3.63, 3.8) is 0 Å². The zero-order valence-electron chi connectivity index (χ0n) is 12.8. The number of rotatable bonds is 3. The summed E-state index contributed by atoms with van der Waals surface area (Å²) in [5, 5.41) is 8.16. The standard InChI is InChI=1S/C17H12ClFN4O2/c18-15-12(11-5-10(11)8-1-3-9(19)4-2-8)6-14(22-23-15)13-7-20-17(25)21-16(13)24/h1-4,6-7,10-11H,5H2,(H2,20,21,24,25). The highest BCUT2D eigenvalue weighted by molar-refractivity contribution is 6.30. The highest BCUT2D eigenvalue weighted by Gasteiger charge is 2.41. The van der Waals surface area contributed by atoms with E-state index in [-0.39, 0.29) is 28.4 Å². The molecular weight excluding hydrogens is 347 g/mol. The van der Waals surface area contributed by atoms with Gasteiger partial charge in [0.25, 0.3) is 5.56 Å². The highest BCUT2D eigenvalue weighted by atomic mass is 35.5. The van der Waals surface area contributed by atoms with Crippen molar-refractivity contribution in [3.8, 4) is 11.3 Å². The topological polar surface area (TPSA) is 91.5 Å². The summed E-state index contributed by atoms with van der Waals surface area (Å²) in [6.07, 6.45) is 2.16. The van der Waals surface area contributed by atoms with Gasteiger partial charge in [0.05, 0.1) is 5.56 Å². The van der Waals surface area contributed by atoms with Crippen molar-refractivity contribution in [1.29, 1.82) is 0 Å². The van der Waals surface area contributed by atoms with E-state index in [1.54, 1.807) is 18.2 Å². The molecule has 1 fully saturated rings. The third-order valence-corrected chi connectivity index (χ3v) is 4.65. The van der Waals surface area contributed by atoms with Crippen molar-refractivity contribution in [2.45, 2.75) is 18.3 Å². The van der Waals surface area contributed by atoms with E-state index in [1.807, 2.05) is 0 Å². The lowest BCUT2D eigenvalue weighted by Gasteiger charge is -2.06. The van der Waals surface area contributed by atoms with Gasteiger partial charge < -0.3 is 4.98 Å². The van der Waals surface area contributed by atoms with Crippen LogP contribution in [-0.2, 0) is 0 Å². The van der Waals surface area contributed by atoms with Gasteiger partial charge in [-0.05, 0) is 47.6 Å². The van der Waals surface area contributed by atoms with Gasteiger partial charge >= 0.3 is 5.69 Å². The first-order chi connectivity index (χ1) is 12.0. The molecule has 1 aromatic carbocycles. The number of benzene rings is 1. The molecule has 3 aromatic rings. The molecule has 1 aliphatic carbocycles. The molecule has 0 radical (unpaired) electrons. The molecule has 0 spiro atoms. The Morgan fingerprint density at radius 2 is 1.88 bits per heavy atom. The monoisotopic (exact) mass is 358 g/mol. The van der Waals surface area contributed by atoms with Gasteiger partial charge in [-0.2, -0.15) is 0 Å². The zero-order chi connectivity index (χ0) is 17.6. The average Bonchev–Trinajstić information content (AvgIpc) is 3.37. The summed E-state index contributed by atoms with van der Waals surface area (Å²) in [6, 6.07) is 8.10. The Morgan fingerprint density at radius 3 is 2.60 bits per heavy atom. The fraction of sp³-hybridized carbons (Fsp3) is 0.176.